The van der Waals surface area contributed by atoms with E-state index in [1.807, 2.05) is 30.5 Å². The molecule has 1 aliphatic rings. The molecular weight excluding hydrogens is 414 g/mol. The summed E-state index contributed by atoms with van der Waals surface area (Å²) in [6.07, 6.45) is 2.56. The number of nitrogens with one attached hydrogen (secondary N) is 3. The number of H-pyrrole nitrogens is 1. The zero-order valence-electron chi connectivity index (χ0n) is 17.0. The number of aromatic amines is 1. The van der Waals surface area contributed by atoms with E-state index in [4.69, 9.17) is 0 Å². The van der Waals surface area contributed by atoms with Crippen LogP contribution in [0.25, 0.3) is 11.0 Å². The summed E-state index contributed by atoms with van der Waals surface area (Å²) in [6, 6.07) is 14.6. The Labute approximate surface area is 183 Å². The quantitative estimate of drug-likeness (QED) is 0.470. The van der Waals surface area contributed by atoms with Crippen LogP contribution in [0.5, 0.6) is 0 Å². The minimum Gasteiger partial charge on any atom is -0.346 e. The van der Waals surface area contributed by atoms with Gasteiger partial charge in [0.1, 0.15) is 11.9 Å². The van der Waals surface area contributed by atoms with Crippen LogP contribution in [-0.2, 0) is 9.59 Å². The molecule has 9 heteroatoms. The average molecular weight is 438 g/mol. The van der Waals surface area contributed by atoms with Crippen molar-refractivity contribution < 1.29 is 14.4 Å². The molecule has 8 nitrogen and oxygen atoms in total. The van der Waals surface area contributed by atoms with Crippen LogP contribution in [0.4, 0.5) is 10.5 Å². The Bertz CT molecular complexity index is 1070. The fraction of sp³-hybridized carbons (Fsp3) is 0.273. The molecule has 2 atom stereocenters. The Balaban J connectivity index is 1.45. The van der Waals surface area contributed by atoms with Crippen molar-refractivity contribution in [3.63, 3.8) is 0 Å². The lowest BCUT2D eigenvalue weighted by molar-refractivity contribution is -0.126. The van der Waals surface area contributed by atoms with E-state index in [2.05, 4.69) is 20.6 Å². The molecule has 3 N–H and O–H groups in total. The zero-order chi connectivity index (χ0) is 21.8. The lowest BCUT2D eigenvalue weighted by Gasteiger charge is -2.17. The monoisotopic (exact) mass is 437 g/mol. The summed E-state index contributed by atoms with van der Waals surface area (Å²) >= 11 is 1.68. The lowest BCUT2D eigenvalue weighted by atomic mass is 10.1. The molecule has 0 radical (unpaired) electrons. The highest BCUT2D eigenvalue weighted by atomic mass is 32.2. The van der Waals surface area contributed by atoms with E-state index < -0.39 is 18.0 Å². The predicted octanol–water partition coefficient (Wildman–Crippen LogP) is 2.99. The van der Waals surface area contributed by atoms with Gasteiger partial charge in [-0.2, -0.15) is 11.8 Å². The highest BCUT2D eigenvalue weighted by molar-refractivity contribution is 7.98. The van der Waals surface area contributed by atoms with Gasteiger partial charge in [0.15, 0.2) is 0 Å². The number of benzene rings is 2. The molecule has 31 heavy (non-hydrogen) atoms. The number of imide groups is 1. The molecule has 2 aromatic carbocycles. The number of urea groups is 1. The fourth-order valence-corrected chi connectivity index (χ4v) is 4.05. The zero-order valence-corrected chi connectivity index (χ0v) is 17.8. The molecule has 4 amide bonds. The van der Waals surface area contributed by atoms with Crippen molar-refractivity contribution in [2.24, 2.45) is 0 Å². The second-order valence-corrected chi connectivity index (χ2v) is 8.24. The summed E-state index contributed by atoms with van der Waals surface area (Å²) in [7, 11) is 0. The SMILES string of the molecule is CSCC[C@@H](NC(=O)C[C@@H]1NC(=O)N(c2ccccc2)C1=O)c1nc2ccccc2[nH]1. The van der Waals surface area contributed by atoms with Crippen molar-refractivity contribution in [2.45, 2.75) is 24.9 Å². The van der Waals surface area contributed by atoms with Crippen LogP contribution in [0.2, 0.25) is 0 Å². The number of hydrogen-bond donors (Lipinski definition) is 3. The average Bonchev–Trinajstić information content (AvgIpc) is 3.32. The molecule has 0 spiro atoms. The first kappa shape index (κ1) is 20.9. The summed E-state index contributed by atoms with van der Waals surface area (Å²) in [4.78, 5) is 46.8. The topological polar surface area (TPSA) is 107 Å². The first-order valence-electron chi connectivity index (χ1n) is 9.99. The van der Waals surface area contributed by atoms with E-state index in [1.54, 1.807) is 42.1 Å². The van der Waals surface area contributed by atoms with Gasteiger partial charge in [0.2, 0.25) is 5.91 Å². The third-order valence-corrected chi connectivity index (χ3v) is 5.75. The van der Waals surface area contributed by atoms with Gasteiger partial charge in [0.05, 0.1) is 29.2 Å². The van der Waals surface area contributed by atoms with E-state index in [0.29, 0.717) is 17.9 Å². The van der Waals surface area contributed by atoms with Gasteiger partial charge in [0, 0.05) is 0 Å². The molecule has 1 fully saturated rings. The van der Waals surface area contributed by atoms with Crippen LogP contribution in [-0.4, -0.2) is 45.9 Å². The molecular formula is C22H23N5O3S. The maximum absolute atomic E-state index is 12.8. The number of imidazole rings is 1. The smallest absolute Gasteiger partial charge is 0.329 e. The molecule has 160 valence electrons. The van der Waals surface area contributed by atoms with Crippen molar-refractivity contribution in [1.82, 2.24) is 20.6 Å². The Kier molecular flexibility index (Phi) is 6.22. The molecule has 0 unspecified atom stereocenters. The lowest BCUT2D eigenvalue weighted by Crippen LogP contribution is -2.38. The van der Waals surface area contributed by atoms with Gasteiger partial charge in [-0.3, -0.25) is 9.59 Å². The van der Waals surface area contributed by atoms with E-state index in [9.17, 15) is 14.4 Å². The fourth-order valence-electron chi connectivity index (χ4n) is 3.58. The highest BCUT2D eigenvalue weighted by Crippen LogP contribution is 2.22. The predicted molar refractivity (Wildman–Crippen MR) is 121 cm³/mol. The summed E-state index contributed by atoms with van der Waals surface area (Å²) in [5, 5.41) is 5.59. The van der Waals surface area contributed by atoms with Crippen LogP contribution in [0.15, 0.2) is 54.6 Å². The third-order valence-electron chi connectivity index (χ3n) is 5.11. The number of carbonyl (C=O) groups excluding carboxylic acids is 3. The summed E-state index contributed by atoms with van der Waals surface area (Å²) in [5.41, 5.74) is 2.21. The van der Waals surface area contributed by atoms with Gasteiger partial charge in [-0.05, 0) is 42.7 Å². The minimum absolute atomic E-state index is 0.135. The Morgan fingerprint density at radius 2 is 1.90 bits per heavy atom. The van der Waals surface area contributed by atoms with Crippen molar-refractivity contribution >= 4 is 46.3 Å². The molecule has 3 aromatic rings. The van der Waals surface area contributed by atoms with E-state index >= 15 is 0 Å². The number of aromatic nitrogens is 2. The Morgan fingerprint density at radius 3 is 2.65 bits per heavy atom. The number of carbonyl (C=O) groups is 3. The minimum atomic E-state index is -0.899. The number of anilines is 1. The number of rotatable bonds is 8. The first-order chi connectivity index (χ1) is 15.1. The summed E-state index contributed by atoms with van der Waals surface area (Å²) < 4.78 is 0. The van der Waals surface area contributed by atoms with Crippen LogP contribution >= 0.6 is 11.8 Å². The van der Waals surface area contributed by atoms with Crippen molar-refractivity contribution in [3.8, 4) is 0 Å². The second kappa shape index (κ2) is 9.22. The molecule has 0 aliphatic carbocycles. The maximum Gasteiger partial charge on any atom is 0.329 e. The normalized spacial score (nSPS) is 17.1. The summed E-state index contributed by atoms with van der Waals surface area (Å²) in [6.45, 7) is 0. The van der Waals surface area contributed by atoms with Crippen LogP contribution in [0, 0.1) is 0 Å². The molecule has 1 aromatic heterocycles. The van der Waals surface area contributed by atoms with Gasteiger partial charge in [-0.15, -0.1) is 0 Å². The highest BCUT2D eigenvalue weighted by Gasteiger charge is 2.40. The number of para-hydroxylation sites is 3. The van der Waals surface area contributed by atoms with Crippen molar-refractivity contribution in [3.05, 3.63) is 60.4 Å². The van der Waals surface area contributed by atoms with Gasteiger partial charge in [-0.25, -0.2) is 14.7 Å². The standard InChI is InChI=1S/C22H23N5O3S/c1-31-12-11-17(20-24-15-9-5-6-10-16(15)25-20)23-19(28)13-18-21(29)27(22(30)26-18)14-7-3-2-4-8-14/h2-10,17-18H,11-13H2,1H3,(H,23,28)(H,24,25)(H,26,30)/t17-,18+/m1/s1. The van der Waals surface area contributed by atoms with Gasteiger partial charge in [-0.1, -0.05) is 30.3 Å². The van der Waals surface area contributed by atoms with Crippen LogP contribution in [0.3, 0.4) is 0 Å². The maximum atomic E-state index is 12.8. The van der Waals surface area contributed by atoms with E-state index in [1.165, 1.54) is 0 Å². The molecule has 4 rings (SSSR count). The van der Waals surface area contributed by atoms with Crippen LogP contribution in [0.1, 0.15) is 24.7 Å². The Morgan fingerprint density at radius 1 is 1.16 bits per heavy atom. The van der Waals surface area contributed by atoms with E-state index in [0.717, 1.165) is 21.7 Å². The summed E-state index contributed by atoms with van der Waals surface area (Å²) in [5.74, 6) is 0.759. The number of hydrogen-bond acceptors (Lipinski definition) is 5. The van der Waals surface area contributed by atoms with Crippen molar-refractivity contribution in [2.75, 3.05) is 16.9 Å². The molecule has 1 aliphatic heterocycles. The number of nitrogens with zero attached hydrogens (tertiary/aromatic N) is 2. The van der Waals surface area contributed by atoms with E-state index in [-0.39, 0.29) is 18.4 Å². The molecule has 1 saturated heterocycles. The van der Waals surface area contributed by atoms with Gasteiger partial charge >= 0.3 is 6.03 Å². The Hall–Kier alpha value is -3.33. The molecule has 0 bridgehead atoms. The third kappa shape index (κ3) is 4.56. The number of fused-ring (bicyclic) bond motifs is 1. The second-order valence-electron chi connectivity index (χ2n) is 7.26. The van der Waals surface area contributed by atoms with Crippen molar-refractivity contribution in [1.29, 1.82) is 0 Å². The molecule has 2 heterocycles. The van der Waals surface area contributed by atoms with Gasteiger partial charge < -0.3 is 15.6 Å². The van der Waals surface area contributed by atoms with Gasteiger partial charge in [0.25, 0.3) is 5.91 Å². The number of amides is 4. The first-order valence-corrected chi connectivity index (χ1v) is 11.4. The largest absolute Gasteiger partial charge is 0.346 e. The molecule has 0 saturated carbocycles. The number of thioether (sulfide) groups is 1. The van der Waals surface area contributed by atoms with Crippen LogP contribution < -0.4 is 15.5 Å².